The number of hydrogen-bond acceptors (Lipinski definition) is 2. The van der Waals surface area contributed by atoms with Gasteiger partial charge in [0.15, 0.2) is 0 Å². The lowest BCUT2D eigenvalue weighted by Gasteiger charge is -2.23. The molecule has 0 radical (unpaired) electrons. The lowest BCUT2D eigenvalue weighted by molar-refractivity contribution is 0.714. The highest BCUT2D eigenvalue weighted by atomic mass is 32.4. The summed E-state index contributed by atoms with van der Waals surface area (Å²) < 4.78 is 0. The first-order valence-corrected chi connectivity index (χ1v) is 12.8. The average molecular weight is 306 g/mol. The summed E-state index contributed by atoms with van der Waals surface area (Å²) in [5.74, 6) is 0. The Morgan fingerprint density at radius 3 is 2.60 bits per heavy atom. The van der Waals surface area contributed by atoms with E-state index < -0.39 is 7.22 Å². The number of aliphatic imine (C=N–C) groups is 1. The number of aryl methyl sites for hydroxylation is 1. The predicted molar refractivity (Wildman–Crippen MR) is 96.1 cm³/mol. The summed E-state index contributed by atoms with van der Waals surface area (Å²) in [6, 6.07) is 8.49. The molecule has 0 aliphatic heterocycles. The monoisotopic (exact) mass is 305 g/mol. The Labute approximate surface area is 128 Å². The Balaban J connectivity index is 2.12. The van der Waals surface area contributed by atoms with Crippen molar-refractivity contribution in [2.75, 3.05) is 0 Å². The molecule has 1 atom stereocenters. The second-order valence-electron chi connectivity index (χ2n) is 6.77. The van der Waals surface area contributed by atoms with Crippen LogP contribution in [0.3, 0.4) is 0 Å². The summed E-state index contributed by atoms with van der Waals surface area (Å²) in [5.41, 5.74) is 3.88. The van der Waals surface area contributed by atoms with Crippen LogP contribution in [0.15, 0.2) is 29.3 Å². The molecule has 1 aromatic rings. The third-order valence-corrected chi connectivity index (χ3v) is 8.18. The van der Waals surface area contributed by atoms with Crippen LogP contribution in [-0.2, 0) is 0 Å². The van der Waals surface area contributed by atoms with Crippen LogP contribution in [0.2, 0.25) is 19.6 Å². The molecule has 1 fully saturated rings. The Hall–Kier alpha value is -0.543. The van der Waals surface area contributed by atoms with Crippen molar-refractivity contribution >= 4 is 29.8 Å². The molecule has 0 saturated heterocycles. The van der Waals surface area contributed by atoms with E-state index >= 15 is 0 Å². The van der Waals surface area contributed by atoms with Gasteiger partial charge in [0, 0.05) is 11.0 Å². The van der Waals surface area contributed by atoms with Gasteiger partial charge in [-0.25, -0.2) is 0 Å². The minimum Gasteiger partial charge on any atom is -0.258 e. The zero-order chi connectivity index (χ0) is 14.6. The topological polar surface area (TPSA) is 12.4 Å². The highest BCUT2D eigenvalue weighted by Crippen LogP contribution is 2.33. The van der Waals surface area contributed by atoms with Crippen LogP contribution in [0, 0.1) is 6.92 Å². The smallest absolute Gasteiger partial charge is 0.108 e. The van der Waals surface area contributed by atoms with Crippen LogP contribution < -0.4 is 0 Å². The predicted octanol–water partition coefficient (Wildman–Crippen LogP) is 5.97. The number of benzene rings is 1. The van der Waals surface area contributed by atoms with Crippen molar-refractivity contribution < 1.29 is 0 Å². The summed E-state index contributed by atoms with van der Waals surface area (Å²) >= 11 is 2.27. The fourth-order valence-corrected chi connectivity index (χ4v) is 7.89. The van der Waals surface area contributed by atoms with Gasteiger partial charge in [0.1, 0.15) is 7.22 Å². The zero-order valence-corrected chi connectivity index (χ0v) is 15.1. The highest BCUT2D eigenvalue weighted by molar-refractivity contribution is 8.29. The SMILES string of the molecule is Cc1ccccc1N=C1CCCCC(S[Si](C)(C)C)C1. The third kappa shape index (κ3) is 5.10. The maximum absolute atomic E-state index is 4.98. The summed E-state index contributed by atoms with van der Waals surface area (Å²) in [7, 11) is -1.04. The second kappa shape index (κ2) is 6.95. The lowest BCUT2D eigenvalue weighted by atomic mass is 10.1. The minimum atomic E-state index is -1.04. The second-order valence-corrected chi connectivity index (χ2v) is 16.3. The standard InChI is InChI=1S/C17H27NSSi/c1-14-9-5-8-12-17(14)18-15-10-6-7-11-16(13-15)19-20(2,3)4/h5,8-9,12,16H,6-7,10-11,13H2,1-4H3. The van der Waals surface area contributed by atoms with Crippen LogP contribution in [0.25, 0.3) is 0 Å². The van der Waals surface area contributed by atoms with Gasteiger partial charge in [-0.15, -0.1) is 0 Å². The van der Waals surface area contributed by atoms with E-state index in [9.17, 15) is 0 Å². The van der Waals surface area contributed by atoms with Gasteiger partial charge in [-0.3, -0.25) is 4.99 Å². The van der Waals surface area contributed by atoms with Crippen LogP contribution in [-0.4, -0.2) is 18.2 Å². The summed E-state index contributed by atoms with van der Waals surface area (Å²) in [5, 5.41) is 0.798. The van der Waals surface area contributed by atoms with E-state index in [0.717, 1.165) is 5.25 Å². The summed E-state index contributed by atoms with van der Waals surface area (Å²) in [6.07, 6.45) is 6.45. The molecule has 1 aliphatic carbocycles. The number of nitrogens with zero attached hydrogens (tertiary/aromatic N) is 1. The van der Waals surface area contributed by atoms with Crippen LogP contribution >= 0.6 is 11.2 Å². The molecular weight excluding hydrogens is 278 g/mol. The fraction of sp³-hybridized carbons (Fsp3) is 0.588. The van der Waals surface area contributed by atoms with E-state index in [1.54, 1.807) is 0 Å². The molecule has 0 heterocycles. The molecule has 1 aromatic carbocycles. The van der Waals surface area contributed by atoms with Crippen molar-refractivity contribution in [1.82, 2.24) is 0 Å². The molecule has 0 spiro atoms. The van der Waals surface area contributed by atoms with E-state index in [1.807, 2.05) is 0 Å². The first-order valence-electron chi connectivity index (χ1n) is 7.74. The Morgan fingerprint density at radius 2 is 1.90 bits per heavy atom. The van der Waals surface area contributed by atoms with Crippen molar-refractivity contribution in [2.24, 2.45) is 4.99 Å². The van der Waals surface area contributed by atoms with Gasteiger partial charge in [0.05, 0.1) is 5.69 Å². The number of rotatable bonds is 3. The zero-order valence-electron chi connectivity index (χ0n) is 13.3. The molecule has 0 bridgehead atoms. The van der Waals surface area contributed by atoms with Crippen molar-refractivity contribution in [3.63, 3.8) is 0 Å². The molecule has 20 heavy (non-hydrogen) atoms. The van der Waals surface area contributed by atoms with E-state index in [1.165, 1.54) is 49.1 Å². The van der Waals surface area contributed by atoms with Gasteiger partial charge in [0.2, 0.25) is 0 Å². The molecule has 1 nitrogen and oxygen atoms in total. The lowest BCUT2D eigenvalue weighted by Crippen LogP contribution is -2.21. The maximum Gasteiger partial charge on any atom is 0.108 e. The Kier molecular flexibility index (Phi) is 5.50. The van der Waals surface area contributed by atoms with Gasteiger partial charge in [-0.1, -0.05) is 44.3 Å². The molecule has 110 valence electrons. The molecule has 1 aliphatic rings. The summed E-state index contributed by atoms with van der Waals surface area (Å²) in [4.78, 5) is 4.98. The van der Waals surface area contributed by atoms with E-state index in [0.29, 0.717) is 0 Å². The van der Waals surface area contributed by atoms with Crippen LogP contribution in [0.1, 0.15) is 37.7 Å². The molecule has 0 N–H and O–H groups in total. The minimum absolute atomic E-state index is 0.798. The van der Waals surface area contributed by atoms with Gasteiger partial charge in [0.25, 0.3) is 0 Å². The first-order chi connectivity index (χ1) is 9.44. The fourth-order valence-electron chi connectivity index (χ4n) is 2.73. The largest absolute Gasteiger partial charge is 0.258 e. The van der Waals surface area contributed by atoms with Crippen LogP contribution in [0.5, 0.6) is 0 Å². The average Bonchev–Trinajstić information content (AvgIpc) is 2.55. The van der Waals surface area contributed by atoms with Gasteiger partial charge < -0.3 is 0 Å². The molecule has 1 saturated carbocycles. The number of para-hydroxylation sites is 1. The molecule has 3 heteroatoms. The Bertz CT molecular complexity index is 476. The molecule has 2 rings (SSSR count). The van der Waals surface area contributed by atoms with Gasteiger partial charge in [-0.05, 0) is 44.2 Å². The van der Waals surface area contributed by atoms with Crippen molar-refractivity contribution in [3.05, 3.63) is 29.8 Å². The van der Waals surface area contributed by atoms with Crippen LogP contribution in [0.4, 0.5) is 5.69 Å². The Morgan fingerprint density at radius 1 is 1.15 bits per heavy atom. The third-order valence-electron chi connectivity index (χ3n) is 3.62. The molecule has 0 amide bonds. The van der Waals surface area contributed by atoms with Crippen molar-refractivity contribution in [3.8, 4) is 0 Å². The van der Waals surface area contributed by atoms with E-state index in [4.69, 9.17) is 4.99 Å². The quantitative estimate of drug-likeness (QED) is 0.495. The van der Waals surface area contributed by atoms with E-state index in [2.05, 4.69) is 62.0 Å². The van der Waals surface area contributed by atoms with Crippen molar-refractivity contribution in [2.45, 2.75) is 63.9 Å². The number of hydrogen-bond donors (Lipinski definition) is 0. The van der Waals surface area contributed by atoms with Crippen molar-refractivity contribution in [1.29, 1.82) is 0 Å². The maximum atomic E-state index is 4.98. The van der Waals surface area contributed by atoms with Gasteiger partial charge >= 0.3 is 0 Å². The summed E-state index contributed by atoms with van der Waals surface area (Å²) in [6.45, 7) is 9.53. The molecular formula is C17H27NSSi. The van der Waals surface area contributed by atoms with Gasteiger partial charge in [-0.2, -0.15) is 11.2 Å². The first kappa shape index (κ1) is 15.8. The molecule has 0 aromatic heterocycles. The van der Waals surface area contributed by atoms with E-state index in [-0.39, 0.29) is 0 Å². The normalized spacial score (nSPS) is 22.8. The molecule has 1 unspecified atom stereocenters. The highest BCUT2D eigenvalue weighted by Gasteiger charge is 2.24.